The van der Waals surface area contributed by atoms with E-state index in [0.717, 1.165) is 25.1 Å². The second-order valence-electron chi connectivity index (χ2n) is 5.02. The predicted molar refractivity (Wildman–Crippen MR) is 76.6 cm³/mol. The van der Waals surface area contributed by atoms with Gasteiger partial charge in [-0.25, -0.2) is 4.79 Å². The second-order valence-corrected chi connectivity index (χ2v) is 5.43. The smallest absolute Gasteiger partial charge is 0.332 e. The van der Waals surface area contributed by atoms with E-state index in [1.165, 1.54) is 7.11 Å². The molecule has 19 heavy (non-hydrogen) atoms. The lowest BCUT2D eigenvalue weighted by Crippen LogP contribution is -2.57. The molecule has 0 aromatic heterocycles. The minimum absolute atomic E-state index is 0.237. The van der Waals surface area contributed by atoms with Crippen LogP contribution in [0, 0.1) is 0 Å². The molecule has 0 bridgehead atoms. The van der Waals surface area contributed by atoms with E-state index in [0.29, 0.717) is 11.6 Å². The SMILES string of the molecule is COC(=O)C1(Nc2ccccc2Cl)CCCN(C)C1. The van der Waals surface area contributed by atoms with E-state index in [1.807, 2.05) is 25.2 Å². The third-order valence-electron chi connectivity index (χ3n) is 3.51. The van der Waals surface area contributed by atoms with Crippen molar-refractivity contribution < 1.29 is 9.53 Å². The Morgan fingerprint density at radius 1 is 1.47 bits per heavy atom. The van der Waals surface area contributed by atoms with Crippen LogP contribution in [0.5, 0.6) is 0 Å². The fraction of sp³-hybridized carbons (Fsp3) is 0.500. The van der Waals surface area contributed by atoms with Gasteiger partial charge in [0.05, 0.1) is 17.8 Å². The lowest BCUT2D eigenvalue weighted by atomic mass is 9.88. The molecule has 0 amide bonds. The molecule has 1 N–H and O–H groups in total. The van der Waals surface area contributed by atoms with Crippen LogP contribution in [0.1, 0.15) is 12.8 Å². The van der Waals surface area contributed by atoms with E-state index in [-0.39, 0.29) is 5.97 Å². The number of para-hydroxylation sites is 1. The number of halogens is 1. The molecule has 104 valence electrons. The fourth-order valence-corrected chi connectivity index (χ4v) is 2.79. The highest BCUT2D eigenvalue weighted by Crippen LogP contribution is 2.30. The Labute approximate surface area is 118 Å². The highest BCUT2D eigenvalue weighted by molar-refractivity contribution is 6.33. The van der Waals surface area contributed by atoms with Crippen molar-refractivity contribution in [2.24, 2.45) is 0 Å². The first-order valence-corrected chi connectivity index (χ1v) is 6.75. The topological polar surface area (TPSA) is 41.6 Å². The minimum Gasteiger partial charge on any atom is -0.467 e. The maximum atomic E-state index is 12.2. The van der Waals surface area contributed by atoms with Crippen molar-refractivity contribution in [1.82, 2.24) is 4.90 Å². The van der Waals surface area contributed by atoms with Crippen molar-refractivity contribution in [2.75, 3.05) is 32.6 Å². The zero-order valence-corrected chi connectivity index (χ0v) is 12.0. The molecule has 1 saturated heterocycles. The lowest BCUT2D eigenvalue weighted by Gasteiger charge is -2.40. The highest BCUT2D eigenvalue weighted by atomic mass is 35.5. The predicted octanol–water partition coefficient (Wildman–Crippen LogP) is 2.39. The Morgan fingerprint density at radius 2 is 2.21 bits per heavy atom. The van der Waals surface area contributed by atoms with Gasteiger partial charge in [-0.15, -0.1) is 0 Å². The number of piperidine rings is 1. The van der Waals surface area contributed by atoms with Gasteiger partial charge in [0, 0.05) is 6.54 Å². The molecule has 1 aromatic carbocycles. The molecule has 0 aliphatic carbocycles. The molecule has 1 aliphatic rings. The quantitative estimate of drug-likeness (QED) is 0.865. The Morgan fingerprint density at radius 3 is 2.84 bits per heavy atom. The molecular formula is C14H19ClN2O2. The van der Waals surface area contributed by atoms with Gasteiger partial charge in [0.25, 0.3) is 0 Å². The van der Waals surface area contributed by atoms with Crippen molar-refractivity contribution >= 4 is 23.3 Å². The van der Waals surface area contributed by atoms with Crippen LogP contribution in [0.2, 0.25) is 5.02 Å². The van der Waals surface area contributed by atoms with E-state index >= 15 is 0 Å². The monoisotopic (exact) mass is 282 g/mol. The molecule has 4 nitrogen and oxygen atoms in total. The Balaban J connectivity index is 2.28. The molecule has 5 heteroatoms. The van der Waals surface area contributed by atoms with Gasteiger partial charge >= 0.3 is 5.97 Å². The van der Waals surface area contributed by atoms with Gasteiger partial charge in [0.2, 0.25) is 0 Å². The average Bonchev–Trinajstić information content (AvgIpc) is 2.40. The summed E-state index contributed by atoms with van der Waals surface area (Å²) in [6.07, 6.45) is 1.69. The van der Waals surface area contributed by atoms with Crippen LogP contribution >= 0.6 is 11.6 Å². The van der Waals surface area contributed by atoms with Crippen LogP contribution in [-0.4, -0.2) is 43.7 Å². The van der Waals surface area contributed by atoms with Gasteiger partial charge < -0.3 is 15.0 Å². The zero-order valence-electron chi connectivity index (χ0n) is 11.3. The molecule has 1 fully saturated rings. The summed E-state index contributed by atoms with van der Waals surface area (Å²) in [5.74, 6) is -0.237. The number of hydrogen-bond acceptors (Lipinski definition) is 4. The van der Waals surface area contributed by atoms with Crippen LogP contribution in [-0.2, 0) is 9.53 Å². The summed E-state index contributed by atoms with van der Waals surface area (Å²) in [5.41, 5.74) is 0.0529. The van der Waals surface area contributed by atoms with Crippen LogP contribution < -0.4 is 5.32 Å². The molecular weight excluding hydrogens is 264 g/mol. The van der Waals surface area contributed by atoms with Gasteiger partial charge in [-0.3, -0.25) is 0 Å². The number of carbonyl (C=O) groups excluding carboxylic acids is 1. The lowest BCUT2D eigenvalue weighted by molar-refractivity contribution is -0.147. The van der Waals surface area contributed by atoms with Crippen molar-refractivity contribution in [3.8, 4) is 0 Å². The Hall–Kier alpha value is -1.26. The Bertz CT molecular complexity index is 467. The minimum atomic E-state index is -0.716. The third-order valence-corrected chi connectivity index (χ3v) is 3.84. The number of likely N-dealkylation sites (tertiary alicyclic amines) is 1. The number of nitrogens with zero attached hydrogens (tertiary/aromatic N) is 1. The standard InChI is InChI=1S/C14H19ClN2O2/c1-17-9-5-8-14(10-17,13(18)19-2)16-12-7-4-3-6-11(12)15/h3-4,6-7,16H,5,8-10H2,1-2H3. The molecule has 0 radical (unpaired) electrons. The number of hydrogen-bond donors (Lipinski definition) is 1. The number of rotatable bonds is 3. The first-order chi connectivity index (χ1) is 9.07. The number of esters is 1. The maximum Gasteiger partial charge on any atom is 0.332 e. The number of nitrogens with one attached hydrogen (secondary N) is 1. The molecule has 1 aromatic rings. The largest absolute Gasteiger partial charge is 0.467 e. The number of anilines is 1. The molecule has 1 heterocycles. The molecule has 0 spiro atoms. The summed E-state index contributed by atoms with van der Waals surface area (Å²) in [4.78, 5) is 14.3. The number of likely N-dealkylation sites (N-methyl/N-ethyl adjacent to an activating group) is 1. The summed E-state index contributed by atoms with van der Waals surface area (Å²) >= 11 is 6.16. The van der Waals surface area contributed by atoms with Gasteiger partial charge in [-0.05, 0) is 38.6 Å². The first-order valence-electron chi connectivity index (χ1n) is 6.37. The molecule has 1 aliphatic heterocycles. The van der Waals surface area contributed by atoms with Crippen LogP contribution in [0.25, 0.3) is 0 Å². The number of benzene rings is 1. The average molecular weight is 283 g/mol. The maximum absolute atomic E-state index is 12.2. The van der Waals surface area contributed by atoms with Gasteiger partial charge in [0.1, 0.15) is 5.54 Å². The number of methoxy groups -OCH3 is 1. The van der Waals surface area contributed by atoms with Gasteiger partial charge in [0.15, 0.2) is 0 Å². The number of carbonyl (C=O) groups is 1. The van der Waals surface area contributed by atoms with E-state index in [2.05, 4.69) is 10.2 Å². The summed E-state index contributed by atoms with van der Waals surface area (Å²) in [5, 5.41) is 3.91. The van der Waals surface area contributed by atoms with E-state index < -0.39 is 5.54 Å². The van der Waals surface area contributed by atoms with Crippen molar-refractivity contribution in [2.45, 2.75) is 18.4 Å². The summed E-state index contributed by atoms with van der Waals surface area (Å²) in [7, 11) is 3.43. The van der Waals surface area contributed by atoms with Gasteiger partial charge in [-0.1, -0.05) is 23.7 Å². The van der Waals surface area contributed by atoms with E-state index in [4.69, 9.17) is 16.3 Å². The van der Waals surface area contributed by atoms with E-state index in [1.54, 1.807) is 6.07 Å². The second kappa shape index (κ2) is 5.80. The van der Waals surface area contributed by atoms with E-state index in [9.17, 15) is 4.79 Å². The normalized spacial score (nSPS) is 23.9. The van der Waals surface area contributed by atoms with Crippen LogP contribution in [0.15, 0.2) is 24.3 Å². The highest BCUT2D eigenvalue weighted by Gasteiger charge is 2.42. The van der Waals surface area contributed by atoms with Gasteiger partial charge in [-0.2, -0.15) is 0 Å². The molecule has 0 saturated carbocycles. The van der Waals surface area contributed by atoms with Crippen molar-refractivity contribution in [1.29, 1.82) is 0 Å². The van der Waals surface area contributed by atoms with Crippen LogP contribution in [0.3, 0.4) is 0 Å². The van der Waals surface area contributed by atoms with Crippen molar-refractivity contribution in [3.63, 3.8) is 0 Å². The number of ether oxygens (including phenoxy) is 1. The molecule has 1 atom stereocenters. The molecule has 2 rings (SSSR count). The third kappa shape index (κ3) is 3.01. The fourth-order valence-electron chi connectivity index (χ4n) is 2.61. The summed E-state index contributed by atoms with van der Waals surface area (Å²) < 4.78 is 4.98. The van der Waals surface area contributed by atoms with Crippen LogP contribution in [0.4, 0.5) is 5.69 Å². The molecule has 1 unspecified atom stereocenters. The van der Waals surface area contributed by atoms with Crippen molar-refractivity contribution in [3.05, 3.63) is 29.3 Å². The summed E-state index contributed by atoms with van der Waals surface area (Å²) in [6.45, 7) is 1.61. The zero-order chi connectivity index (χ0) is 13.9. The summed E-state index contributed by atoms with van der Waals surface area (Å²) in [6, 6.07) is 7.44. The Kier molecular flexibility index (Phi) is 4.32. The first kappa shape index (κ1) is 14.2.